The molecule has 3 rings (SSSR count). The molecule has 0 aromatic heterocycles. The van der Waals surface area contributed by atoms with Crippen LogP contribution in [0.1, 0.15) is 31.9 Å². The molecule has 1 aliphatic heterocycles. The highest BCUT2D eigenvalue weighted by atomic mass is 16.6. The summed E-state index contributed by atoms with van der Waals surface area (Å²) in [6, 6.07) is 15.6. The van der Waals surface area contributed by atoms with Crippen LogP contribution >= 0.6 is 0 Å². The fraction of sp³-hybridized carbons (Fsp3) is 0.409. The van der Waals surface area contributed by atoms with Crippen molar-refractivity contribution in [3.63, 3.8) is 0 Å². The normalized spacial score (nSPS) is 16.7. The van der Waals surface area contributed by atoms with Gasteiger partial charge in [-0.25, -0.2) is 4.79 Å². The maximum Gasteiger partial charge on any atom is 0.410 e. The van der Waals surface area contributed by atoms with Crippen molar-refractivity contribution in [3.8, 4) is 11.5 Å². The quantitative estimate of drug-likeness (QED) is 0.803. The third-order valence-electron chi connectivity index (χ3n) is 4.44. The molecule has 0 bridgehead atoms. The summed E-state index contributed by atoms with van der Waals surface area (Å²) in [6.45, 7) is 6.52. The fourth-order valence-corrected chi connectivity index (χ4v) is 3.10. The molecule has 0 radical (unpaired) electrons. The number of hydrogen-bond donors (Lipinski definition) is 0. The van der Waals surface area contributed by atoms with Crippen LogP contribution in [-0.2, 0) is 17.7 Å². The number of ether oxygens (including phenoxy) is 3. The topological polar surface area (TPSA) is 48.0 Å². The summed E-state index contributed by atoms with van der Waals surface area (Å²) in [5.74, 6) is 1.63. The zero-order chi connectivity index (χ0) is 19.4. The molecule has 144 valence electrons. The lowest BCUT2D eigenvalue weighted by molar-refractivity contribution is 0.0112. The molecule has 1 atom stereocenters. The molecule has 0 saturated carbocycles. The Balaban J connectivity index is 1.85. The van der Waals surface area contributed by atoms with Crippen molar-refractivity contribution in [3.05, 3.63) is 59.7 Å². The third kappa shape index (κ3) is 4.94. The summed E-state index contributed by atoms with van der Waals surface area (Å²) >= 11 is 0. The summed E-state index contributed by atoms with van der Waals surface area (Å²) in [4.78, 5) is 14.7. The van der Waals surface area contributed by atoms with Crippen LogP contribution in [0.4, 0.5) is 4.79 Å². The Morgan fingerprint density at radius 3 is 2.52 bits per heavy atom. The molecule has 5 nitrogen and oxygen atoms in total. The van der Waals surface area contributed by atoms with Gasteiger partial charge in [-0.2, -0.15) is 0 Å². The van der Waals surface area contributed by atoms with Crippen LogP contribution in [0.25, 0.3) is 0 Å². The maximum absolute atomic E-state index is 12.9. The van der Waals surface area contributed by atoms with Crippen molar-refractivity contribution in [2.24, 2.45) is 0 Å². The average Bonchev–Trinajstić information content (AvgIpc) is 2.81. The van der Waals surface area contributed by atoms with Gasteiger partial charge in [0.2, 0.25) is 0 Å². The third-order valence-corrected chi connectivity index (χ3v) is 4.44. The minimum absolute atomic E-state index is 0.124. The molecule has 1 aliphatic rings. The van der Waals surface area contributed by atoms with Gasteiger partial charge in [-0.3, -0.25) is 4.90 Å². The first-order valence-corrected chi connectivity index (χ1v) is 9.19. The van der Waals surface area contributed by atoms with Gasteiger partial charge in [0, 0.05) is 5.56 Å². The lowest BCUT2D eigenvalue weighted by Crippen LogP contribution is -2.45. The Hall–Kier alpha value is -2.69. The van der Waals surface area contributed by atoms with Crippen molar-refractivity contribution >= 4 is 6.09 Å². The number of hydrogen-bond acceptors (Lipinski definition) is 4. The van der Waals surface area contributed by atoms with Crippen LogP contribution in [0.5, 0.6) is 11.5 Å². The molecule has 0 N–H and O–H groups in total. The van der Waals surface area contributed by atoms with Gasteiger partial charge in [0.25, 0.3) is 0 Å². The molecule has 1 amide bonds. The van der Waals surface area contributed by atoms with E-state index in [1.54, 1.807) is 12.0 Å². The molecule has 5 heteroatoms. The number of para-hydroxylation sites is 1. The molecular formula is C22H27NO4. The van der Waals surface area contributed by atoms with Crippen molar-refractivity contribution in [1.82, 2.24) is 4.90 Å². The number of methoxy groups -OCH3 is 1. The van der Waals surface area contributed by atoms with Gasteiger partial charge >= 0.3 is 6.09 Å². The van der Waals surface area contributed by atoms with E-state index >= 15 is 0 Å². The van der Waals surface area contributed by atoms with E-state index in [0.717, 1.165) is 22.6 Å². The Bertz CT molecular complexity index is 780. The first kappa shape index (κ1) is 19.1. The van der Waals surface area contributed by atoms with E-state index in [2.05, 4.69) is 0 Å². The second kappa shape index (κ2) is 7.91. The summed E-state index contributed by atoms with van der Waals surface area (Å²) < 4.78 is 16.9. The second-order valence-electron chi connectivity index (χ2n) is 7.73. The SMILES string of the molecule is COc1ccc(C[C@H]2COc3ccccc3CN2C(=O)OC(C)(C)C)cc1. The largest absolute Gasteiger partial charge is 0.497 e. The smallest absolute Gasteiger partial charge is 0.410 e. The van der Waals surface area contributed by atoms with Crippen LogP contribution in [0.3, 0.4) is 0 Å². The average molecular weight is 369 g/mol. The van der Waals surface area contributed by atoms with Gasteiger partial charge in [-0.1, -0.05) is 30.3 Å². The highest BCUT2D eigenvalue weighted by molar-refractivity contribution is 5.69. The molecule has 27 heavy (non-hydrogen) atoms. The highest BCUT2D eigenvalue weighted by Crippen LogP contribution is 2.27. The van der Waals surface area contributed by atoms with Gasteiger partial charge in [-0.15, -0.1) is 0 Å². The number of carbonyl (C=O) groups is 1. The molecular weight excluding hydrogens is 342 g/mol. The molecule has 0 aliphatic carbocycles. The Labute approximate surface area is 160 Å². The lowest BCUT2D eigenvalue weighted by atomic mass is 10.0. The first-order valence-electron chi connectivity index (χ1n) is 9.19. The van der Waals surface area contributed by atoms with Crippen LogP contribution in [0.15, 0.2) is 48.5 Å². The monoisotopic (exact) mass is 369 g/mol. The standard InChI is InChI=1S/C22H27NO4/c1-22(2,3)27-21(24)23-14-17-7-5-6-8-20(17)26-15-18(23)13-16-9-11-19(25-4)12-10-16/h5-12,18H,13-15H2,1-4H3/t18-/m0/s1. The van der Waals surface area contributed by atoms with Crippen molar-refractivity contribution in [2.75, 3.05) is 13.7 Å². The van der Waals surface area contributed by atoms with Gasteiger partial charge in [0.15, 0.2) is 0 Å². The fourth-order valence-electron chi connectivity index (χ4n) is 3.10. The van der Waals surface area contributed by atoms with E-state index in [4.69, 9.17) is 14.2 Å². The van der Waals surface area contributed by atoms with Gasteiger partial charge in [0.1, 0.15) is 23.7 Å². The zero-order valence-electron chi connectivity index (χ0n) is 16.4. The minimum Gasteiger partial charge on any atom is -0.497 e. The van der Waals surface area contributed by atoms with Crippen LogP contribution in [0.2, 0.25) is 0 Å². The Morgan fingerprint density at radius 1 is 1.15 bits per heavy atom. The highest BCUT2D eigenvalue weighted by Gasteiger charge is 2.32. The zero-order valence-corrected chi connectivity index (χ0v) is 16.4. The molecule has 0 fully saturated rings. The minimum atomic E-state index is -0.547. The summed E-state index contributed by atoms with van der Waals surface area (Å²) in [5, 5.41) is 0. The van der Waals surface area contributed by atoms with Gasteiger partial charge < -0.3 is 14.2 Å². The number of benzene rings is 2. The predicted octanol–water partition coefficient (Wildman–Crippen LogP) is 4.44. The molecule has 0 saturated heterocycles. The summed E-state index contributed by atoms with van der Waals surface area (Å²) in [6.07, 6.45) is 0.360. The van der Waals surface area contributed by atoms with Crippen molar-refractivity contribution in [1.29, 1.82) is 0 Å². The summed E-state index contributed by atoms with van der Waals surface area (Å²) in [7, 11) is 1.65. The number of nitrogens with zero attached hydrogens (tertiary/aromatic N) is 1. The van der Waals surface area contributed by atoms with Gasteiger partial charge in [-0.05, 0) is 51.0 Å². The molecule has 1 heterocycles. The molecule has 0 spiro atoms. The number of rotatable bonds is 3. The second-order valence-corrected chi connectivity index (χ2v) is 7.73. The van der Waals surface area contributed by atoms with Gasteiger partial charge in [0.05, 0.1) is 19.7 Å². The van der Waals surface area contributed by atoms with E-state index in [1.807, 2.05) is 69.3 Å². The van der Waals surface area contributed by atoms with Crippen molar-refractivity contribution in [2.45, 2.75) is 45.4 Å². The lowest BCUT2D eigenvalue weighted by Gasteiger charge is -2.31. The van der Waals surface area contributed by atoms with Crippen molar-refractivity contribution < 1.29 is 19.0 Å². The number of carbonyl (C=O) groups excluding carboxylic acids is 1. The van der Waals surface area contributed by atoms with Crippen LogP contribution < -0.4 is 9.47 Å². The number of fused-ring (bicyclic) bond motifs is 1. The molecule has 2 aromatic rings. The number of amides is 1. The molecule has 0 unspecified atom stereocenters. The van der Waals surface area contributed by atoms with E-state index in [9.17, 15) is 4.79 Å². The van der Waals surface area contributed by atoms with Crippen LogP contribution in [-0.4, -0.2) is 36.4 Å². The first-order chi connectivity index (χ1) is 12.9. The Morgan fingerprint density at radius 2 is 1.85 bits per heavy atom. The van der Waals surface area contributed by atoms with Crippen LogP contribution in [0, 0.1) is 0 Å². The van der Waals surface area contributed by atoms with E-state index in [1.165, 1.54) is 0 Å². The molecule has 2 aromatic carbocycles. The van der Waals surface area contributed by atoms with E-state index in [-0.39, 0.29) is 12.1 Å². The van der Waals surface area contributed by atoms with E-state index in [0.29, 0.717) is 19.6 Å². The van der Waals surface area contributed by atoms with E-state index < -0.39 is 5.60 Å². The Kier molecular flexibility index (Phi) is 5.59. The predicted molar refractivity (Wildman–Crippen MR) is 104 cm³/mol. The summed E-state index contributed by atoms with van der Waals surface area (Å²) in [5.41, 5.74) is 1.55. The maximum atomic E-state index is 12.9.